The molecule has 118 valence electrons. The average molecular weight is 292 g/mol. The summed E-state index contributed by atoms with van der Waals surface area (Å²) >= 11 is 0. The number of carbonyl (C=O) groups is 1. The number of piperidine rings is 1. The molecule has 0 aromatic rings. The Kier molecular flexibility index (Phi) is 3.16. The fourth-order valence-electron chi connectivity index (χ4n) is 5.18. The van der Waals surface area contributed by atoms with Crippen LogP contribution in [0.15, 0.2) is 5.16 Å². The standard InChI is InChI=1S/C17H28N2O2/c1-12-7-5-6-10-19(12)14(20)17-9-8-16(4,15(17,2)3)13(11-17)18-21/h12,21H,5-11H2,1-4H3/b18-13-/t12-,16-,17+/m1/s1. The van der Waals surface area contributed by atoms with E-state index in [1.54, 1.807) is 0 Å². The number of hydrogen-bond donors (Lipinski definition) is 1. The van der Waals surface area contributed by atoms with Crippen molar-refractivity contribution in [1.29, 1.82) is 0 Å². The zero-order chi connectivity index (χ0) is 15.5. The number of carbonyl (C=O) groups excluding carboxylic acids is 1. The average Bonchev–Trinajstić information content (AvgIpc) is 2.76. The Balaban J connectivity index is 1.99. The number of rotatable bonds is 1. The van der Waals surface area contributed by atoms with Gasteiger partial charge in [-0.25, -0.2) is 0 Å². The molecule has 3 rings (SSSR count). The van der Waals surface area contributed by atoms with Gasteiger partial charge >= 0.3 is 0 Å². The summed E-state index contributed by atoms with van der Waals surface area (Å²) in [6, 6.07) is 0.346. The minimum absolute atomic E-state index is 0.142. The van der Waals surface area contributed by atoms with Gasteiger partial charge < -0.3 is 10.1 Å². The second-order valence-electron chi connectivity index (χ2n) is 8.11. The lowest BCUT2D eigenvalue weighted by molar-refractivity contribution is -0.151. The summed E-state index contributed by atoms with van der Waals surface area (Å²) in [4.78, 5) is 15.5. The maximum absolute atomic E-state index is 13.4. The molecule has 0 aromatic heterocycles. The predicted octanol–water partition coefficient (Wildman–Crippen LogP) is 3.43. The summed E-state index contributed by atoms with van der Waals surface area (Å²) < 4.78 is 0. The fraction of sp³-hybridized carbons (Fsp3) is 0.882. The summed E-state index contributed by atoms with van der Waals surface area (Å²) in [6.45, 7) is 9.63. The molecule has 4 heteroatoms. The number of amides is 1. The van der Waals surface area contributed by atoms with Crippen LogP contribution in [0.25, 0.3) is 0 Å². The summed E-state index contributed by atoms with van der Waals surface area (Å²) in [6.07, 6.45) is 5.97. The van der Waals surface area contributed by atoms with Crippen molar-refractivity contribution in [2.24, 2.45) is 21.4 Å². The van der Waals surface area contributed by atoms with Gasteiger partial charge in [-0.1, -0.05) is 25.9 Å². The van der Waals surface area contributed by atoms with Crippen molar-refractivity contribution in [2.45, 2.75) is 72.3 Å². The molecule has 1 N–H and O–H groups in total. The van der Waals surface area contributed by atoms with Crippen molar-refractivity contribution >= 4 is 11.6 Å². The molecule has 1 amide bonds. The Morgan fingerprint density at radius 1 is 1.29 bits per heavy atom. The van der Waals surface area contributed by atoms with Gasteiger partial charge in [0.25, 0.3) is 0 Å². The van der Waals surface area contributed by atoms with Gasteiger partial charge in [-0.15, -0.1) is 0 Å². The third kappa shape index (κ3) is 1.62. The van der Waals surface area contributed by atoms with Crippen molar-refractivity contribution in [3.05, 3.63) is 0 Å². The predicted molar refractivity (Wildman–Crippen MR) is 82.4 cm³/mol. The van der Waals surface area contributed by atoms with E-state index in [1.807, 2.05) is 0 Å². The number of likely N-dealkylation sites (tertiary alicyclic amines) is 1. The third-order valence-corrected chi connectivity index (χ3v) is 7.33. The summed E-state index contributed by atoms with van der Waals surface area (Å²) in [5, 5.41) is 13.0. The first kappa shape index (κ1) is 14.9. The van der Waals surface area contributed by atoms with Crippen LogP contribution in [-0.4, -0.2) is 34.3 Å². The lowest BCUT2D eigenvalue weighted by Gasteiger charge is -2.44. The van der Waals surface area contributed by atoms with Crippen molar-refractivity contribution < 1.29 is 10.0 Å². The Labute approximate surface area is 127 Å². The van der Waals surface area contributed by atoms with Gasteiger partial charge in [-0.05, 0) is 44.4 Å². The molecule has 21 heavy (non-hydrogen) atoms. The molecule has 0 spiro atoms. The summed E-state index contributed by atoms with van der Waals surface area (Å²) in [7, 11) is 0. The molecule has 3 fully saturated rings. The van der Waals surface area contributed by atoms with Gasteiger partial charge in [0.1, 0.15) is 0 Å². The minimum Gasteiger partial charge on any atom is -0.411 e. The zero-order valence-corrected chi connectivity index (χ0v) is 13.8. The highest BCUT2D eigenvalue weighted by Gasteiger charge is 2.72. The second kappa shape index (κ2) is 4.47. The van der Waals surface area contributed by atoms with Crippen molar-refractivity contribution in [3.8, 4) is 0 Å². The second-order valence-corrected chi connectivity index (χ2v) is 8.11. The molecule has 1 saturated heterocycles. The van der Waals surface area contributed by atoms with Crippen LogP contribution in [0.2, 0.25) is 0 Å². The molecule has 0 radical (unpaired) electrons. The first-order chi connectivity index (χ1) is 9.80. The zero-order valence-electron chi connectivity index (χ0n) is 13.8. The molecule has 2 saturated carbocycles. The maximum atomic E-state index is 13.4. The molecule has 1 aliphatic heterocycles. The van der Waals surface area contributed by atoms with Crippen molar-refractivity contribution in [1.82, 2.24) is 4.90 Å². The Morgan fingerprint density at radius 2 is 2.00 bits per heavy atom. The van der Waals surface area contributed by atoms with Crippen molar-refractivity contribution in [3.63, 3.8) is 0 Å². The molecule has 3 aliphatic rings. The first-order valence-electron chi connectivity index (χ1n) is 8.33. The van der Waals surface area contributed by atoms with Gasteiger partial charge in [0.2, 0.25) is 5.91 Å². The lowest BCUT2D eigenvalue weighted by Crippen LogP contribution is -2.52. The molecule has 2 aliphatic carbocycles. The van der Waals surface area contributed by atoms with Gasteiger partial charge in [0.05, 0.1) is 11.1 Å². The SMILES string of the molecule is C[C@@H]1CCCCN1C(=O)[C@]12CC[C@](C)(/C(=N\O)C1)C2(C)C. The van der Waals surface area contributed by atoms with Crippen LogP contribution >= 0.6 is 0 Å². The van der Waals surface area contributed by atoms with Crippen LogP contribution in [0, 0.1) is 16.2 Å². The molecule has 4 nitrogen and oxygen atoms in total. The normalized spacial score (nSPS) is 43.5. The number of oxime groups is 1. The minimum atomic E-state index is -0.366. The van der Waals surface area contributed by atoms with Crippen LogP contribution in [0.4, 0.5) is 0 Å². The molecular weight excluding hydrogens is 264 g/mol. The van der Waals surface area contributed by atoms with E-state index >= 15 is 0 Å². The quantitative estimate of drug-likeness (QED) is 0.594. The van der Waals surface area contributed by atoms with Crippen LogP contribution in [0.5, 0.6) is 0 Å². The Bertz CT molecular complexity index is 499. The molecule has 2 bridgehead atoms. The van der Waals surface area contributed by atoms with E-state index in [1.165, 1.54) is 6.42 Å². The summed E-state index contributed by atoms with van der Waals surface area (Å²) in [5.41, 5.74) is 0.179. The molecule has 0 unspecified atom stereocenters. The smallest absolute Gasteiger partial charge is 0.229 e. The van der Waals surface area contributed by atoms with E-state index in [-0.39, 0.29) is 16.2 Å². The van der Waals surface area contributed by atoms with Crippen LogP contribution < -0.4 is 0 Å². The fourth-order valence-corrected chi connectivity index (χ4v) is 5.18. The van der Waals surface area contributed by atoms with E-state index in [0.717, 1.165) is 37.9 Å². The lowest BCUT2D eigenvalue weighted by atomic mass is 9.64. The Morgan fingerprint density at radius 3 is 2.57 bits per heavy atom. The monoisotopic (exact) mass is 292 g/mol. The van der Waals surface area contributed by atoms with Crippen LogP contribution in [0.1, 0.15) is 66.2 Å². The molecular formula is C17H28N2O2. The van der Waals surface area contributed by atoms with Crippen LogP contribution in [0.3, 0.4) is 0 Å². The number of nitrogens with zero attached hydrogens (tertiary/aromatic N) is 2. The highest BCUT2D eigenvalue weighted by molar-refractivity contribution is 6.02. The number of hydrogen-bond acceptors (Lipinski definition) is 3. The summed E-state index contributed by atoms with van der Waals surface area (Å²) in [5.74, 6) is 0.307. The maximum Gasteiger partial charge on any atom is 0.229 e. The highest BCUT2D eigenvalue weighted by atomic mass is 16.4. The van der Waals surface area contributed by atoms with E-state index in [4.69, 9.17) is 0 Å². The Hall–Kier alpha value is -1.06. The van der Waals surface area contributed by atoms with E-state index < -0.39 is 0 Å². The highest BCUT2D eigenvalue weighted by Crippen LogP contribution is 2.71. The van der Waals surface area contributed by atoms with E-state index in [9.17, 15) is 10.0 Å². The van der Waals surface area contributed by atoms with Gasteiger partial charge in [0.15, 0.2) is 0 Å². The van der Waals surface area contributed by atoms with Gasteiger partial charge in [-0.2, -0.15) is 0 Å². The third-order valence-electron chi connectivity index (χ3n) is 7.33. The van der Waals surface area contributed by atoms with E-state index in [0.29, 0.717) is 18.4 Å². The molecule has 3 atom stereocenters. The van der Waals surface area contributed by atoms with Crippen LogP contribution in [-0.2, 0) is 4.79 Å². The molecule has 0 aromatic carbocycles. The van der Waals surface area contributed by atoms with E-state index in [2.05, 4.69) is 37.8 Å². The van der Waals surface area contributed by atoms with Gasteiger partial charge in [-0.3, -0.25) is 4.79 Å². The molecule has 1 heterocycles. The van der Waals surface area contributed by atoms with Gasteiger partial charge in [0, 0.05) is 24.4 Å². The van der Waals surface area contributed by atoms with Crippen molar-refractivity contribution in [2.75, 3.05) is 6.54 Å². The largest absolute Gasteiger partial charge is 0.411 e. The number of fused-ring (bicyclic) bond motifs is 2. The first-order valence-corrected chi connectivity index (χ1v) is 8.33. The topological polar surface area (TPSA) is 52.9 Å².